The minimum Gasteiger partial charge on any atom is -0.345 e. The molecule has 2 rings (SSSR count). The predicted octanol–water partition coefficient (Wildman–Crippen LogP) is 3.26. The number of aryl methyl sites for hydroxylation is 1. The van der Waals surface area contributed by atoms with Crippen LogP contribution in [0.1, 0.15) is 31.6 Å². The first-order chi connectivity index (χ1) is 9.65. The van der Waals surface area contributed by atoms with Crippen LogP contribution in [0.3, 0.4) is 0 Å². The first-order valence-electron chi connectivity index (χ1n) is 6.49. The molecule has 20 heavy (non-hydrogen) atoms. The molecule has 0 saturated heterocycles. The molecule has 0 unspecified atom stereocenters. The lowest BCUT2D eigenvalue weighted by atomic mass is 10.1. The van der Waals surface area contributed by atoms with Crippen LogP contribution in [-0.4, -0.2) is 23.4 Å². The molecule has 0 radical (unpaired) electrons. The molecule has 0 aliphatic rings. The normalized spacial score (nSPS) is 11.2. The highest BCUT2D eigenvalue weighted by Crippen LogP contribution is 2.24. The third kappa shape index (κ3) is 3.20. The highest BCUT2D eigenvalue weighted by Gasteiger charge is 2.20. The minimum absolute atomic E-state index is 0.257. The Hall–Kier alpha value is -1.79. The van der Waals surface area contributed by atoms with Crippen molar-refractivity contribution in [2.24, 2.45) is 0 Å². The number of hydrogen-bond acceptors (Lipinski definition) is 5. The Labute approximate surface area is 116 Å². The van der Waals surface area contributed by atoms with E-state index in [0.717, 1.165) is 5.56 Å². The lowest BCUT2D eigenvalue weighted by Gasteiger charge is -2.11. The summed E-state index contributed by atoms with van der Waals surface area (Å²) in [6, 6.07) is 4.41. The van der Waals surface area contributed by atoms with Gasteiger partial charge in [0.05, 0.1) is 0 Å². The van der Waals surface area contributed by atoms with Crippen LogP contribution < -0.4 is 0 Å². The third-order valence-electron chi connectivity index (χ3n) is 2.71. The molecule has 0 aliphatic carbocycles. The molecule has 0 bridgehead atoms. The summed E-state index contributed by atoms with van der Waals surface area (Å²) in [6.45, 7) is 6.44. The highest BCUT2D eigenvalue weighted by atomic mass is 19.1. The maximum atomic E-state index is 13.1. The van der Waals surface area contributed by atoms with E-state index in [2.05, 4.69) is 10.1 Å². The second kappa shape index (κ2) is 6.58. The van der Waals surface area contributed by atoms with Gasteiger partial charge in [0.25, 0.3) is 5.89 Å². The molecule has 108 valence electrons. The Morgan fingerprint density at radius 2 is 1.95 bits per heavy atom. The second-order valence-corrected chi connectivity index (χ2v) is 4.16. The van der Waals surface area contributed by atoms with Crippen molar-refractivity contribution in [3.63, 3.8) is 0 Å². The Kier molecular flexibility index (Phi) is 4.81. The molecule has 2 aromatic rings. The maximum absolute atomic E-state index is 13.1. The summed E-state index contributed by atoms with van der Waals surface area (Å²) in [7, 11) is 0. The largest absolute Gasteiger partial charge is 0.345 e. The average Bonchev–Trinajstić information content (AvgIpc) is 2.88. The van der Waals surface area contributed by atoms with Gasteiger partial charge in [0.15, 0.2) is 0 Å². The number of halogens is 1. The summed E-state index contributed by atoms with van der Waals surface area (Å²) < 4.78 is 29.0. The van der Waals surface area contributed by atoms with E-state index in [1.165, 1.54) is 12.1 Å². The van der Waals surface area contributed by atoms with Crippen molar-refractivity contribution in [2.45, 2.75) is 27.1 Å². The Morgan fingerprint density at radius 1 is 1.25 bits per heavy atom. The molecular formula is C14H17FN2O3. The number of rotatable bonds is 6. The van der Waals surface area contributed by atoms with Crippen LogP contribution in [0.4, 0.5) is 4.39 Å². The van der Waals surface area contributed by atoms with Gasteiger partial charge >= 0.3 is 0 Å². The minimum atomic E-state index is -0.674. The van der Waals surface area contributed by atoms with Crippen LogP contribution in [0.25, 0.3) is 11.4 Å². The Morgan fingerprint density at radius 3 is 2.55 bits per heavy atom. The third-order valence-corrected chi connectivity index (χ3v) is 2.71. The van der Waals surface area contributed by atoms with Gasteiger partial charge in [0, 0.05) is 18.8 Å². The zero-order valence-corrected chi connectivity index (χ0v) is 11.7. The van der Waals surface area contributed by atoms with Crippen LogP contribution in [0, 0.1) is 12.7 Å². The molecule has 0 amide bonds. The van der Waals surface area contributed by atoms with E-state index in [9.17, 15) is 4.39 Å². The van der Waals surface area contributed by atoms with Crippen molar-refractivity contribution in [3.8, 4) is 11.4 Å². The SMILES string of the molecule is CCOC(OCC)c1nc(-c2ccc(F)cc2C)no1. The molecule has 0 aliphatic heterocycles. The Balaban J connectivity index is 2.27. The fourth-order valence-corrected chi connectivity index (χ4v) is 1.81. The predicted molar refractivity (Wildman–Crippen MR) is 70.4 cm³/mol. The number of hydrogen-bond donors (Lipinski definition) is 0. The standard InChI is InChI=1S/C14H17FN2O3/c1-4-18-14(19-5-2)13-16-12(17-20-13)11-7-6-10(15)8-9(11)3/h6-8,14H,4-5H2,1-3H3. The summed E-state index contributed by atoms with van der Waals surface area (Å²) in [5.74, 6) is 0.353. The molecule has 1 heterocycles. The summed E-state index contributed by atoms with van der Waals surface area (Å²) in [5, 5.41) is 3.89. The number of nitrogens with zero attached hydrogens (tertiary/aromatic N) is 2. The van der Waals surface area contributed by atoms with Crippen LogP contribution >= 0.6 is 0 Å². The zero-order chi connectivity index (χ0) is 14.5. The van der Waals surface area contributed by atoms with Crippen molar-refractivity contribution >= 4 is 0 Å². The van der Waals surface area contributed by atoms with Gasteiger partial charge in [-0.2, -0.15) is 4.98 Å². The van der Waals surface area contributed by atoms with Crippen LogP contribution in [0.15, 0.2) is 22.7 Å². The fraction of sp³-hybridized carbons (Fsp3) is 0.429. The molecule has 1 aromatic heterocycles. The van der Waals surface area contributed by atoms with E-state index in [1.54, 1.807) is 13.0 Å². The second-order valence-electron chi connectivity index (χ2n) is 4.16. The fourth-order valence-electron chi connectivity index (χ4n) is 1.81. The number of aromatic nitrogens is 2. The van der Waals surface area contributed by atoms with Gasteiger partial charge in [0.2, 0.25) is 12.1 Å². The van der Waals surface area contributed by atoms with E-state index in [4.69, 9.17) is 14.0 Å². The molecule has 0 atom stereocenters. The van der Waals surface area contributed by atoms with Crippen LogP contribution in [-0.2, 0) is 9.47 Å². The first kappa shape index (κ1) is 14.6. The molecule has 1 aromatic carbocycles. The number of ether oxygens (including phenoxy) is 2. The van der Waals surface area contributed by atoms with Crippen LogP contribution in [0.2, 0.25) is 0 Å². The van der Waals surface area contributed by atoms with Crippen molar-refractivity contribution in [1.82, 2.24) is 10.1 Å². The van der Waals surface area contributed by atoms with Crippen molar-refractivity contribution in [3.05, 3.63) is 35.5 Å². The summed E-state index contributed by atoms with van der Waals surface area (Å²) in [4.78, 5) is 4.26. The van der Waals surface area contributed by atoms with Crippen LogP contribution in [0.5, 0.6) is 0 Å². The van der Waals surface area contributed by atoms with Gasteiger partial charge < -0.3 is 14.0 Å². The van der Waals surface area contributed by atoms with E-state index >= 15 is 0 Å². The molecule has 0 N–H and O–H groups in total. The van der Waals surface area contributed by atoms with E-state index in [1.807, 2.05) is 13.8 Å². The lowest BCUT2D eigenvalue weighted by molar-refractivity contribution is -0.155. The van der Waals surface area contributed by atoms with Crippen molar-refractivity contribution < 1.29 is 18.4 Å². The first-order valence-corrected chi connectivity index (χ1v) is 6.49. The van der Waals surface area contributed by atoms with E-state index in [0.29, 0.717) is 24.6 Å². The van der Waals surface area contributed by atoms with E-state index < -0.39 is 6.29 Å². The van der Waals surface area contributed by atoms with Crippen molar-refractivity contribution in [1.29, 1.82) is 0 Å². The molecule has 0 saturated carbocycles. The topological polar surface area (TPSA) is 57.4 Å². The summed E-state index contributed by atoms with van der Waals surface area (Å²) >= 11 is 0. The van der Waals surface area contributed by atoms with Gasteiger partial charge in [-0.05, 0) is 44.5 Å². The molecule has 5 nitrogen and oxygen atoms in total. The van der Waals surface area contributed by atoms with Gasteiger partial charge in [0.1, 0.15) is 5.82 Å². The summed E-state index contributed by atoms with van der Waals surface area (Å²) in [6.07, 6.45) is -0.674. The monoisotopic (exact) mass is 280 g/mol. The zero-order valence-electron chi connectivity index (χ0n) is 11.7. The molecular weight excluding hydrogens is 263 g/mol. The van der Waals surface area contributed by atoms with Gasteiger partial charge in [-0.3, -0.25) is 0 Å². The smallest absolute Gasteiger partial charge is 0.283 e. The quantitative estimate of drug-likeness (QED) is 0.760. The summed E-state index contributed by atoms with van der Waals surface area (Å²) in [5.41, 5.74) is 1.45. The Bertz CT molecular complexity index is 565. The average molecular weight is 280 g/mol. The highest BCUT2D eigenvalue weighted by molar-refractivity contribution is 5.59. The maximum Gasteiger partial charge on any atom is 0.283 e. The van der Waals surface area contributed by atoms with Gasteiger partial charge in [-0.1, -0.05) is 5.16 Å². The molecule has 6 heteroatoms. The van der Waals surface area contributed by atoms with Gasteiger partial charge in [-0.25, -0.2) is 4.39 Å². The molecule has 0 fully saturated rings. The number of benzene rings is 1. The van der Waals surface area contributed by atoms with Crippen molar-refractivity contribution in [2.75, 3.05) is 13.2 Å². The molecule has 0 spiro atoms. The van der Waals surface area contributed by atoms with E-state index in [-0.39, 0.29) is 11.7 Å². The van der Waals surface area contributed by atoms with Gasteiger partial charge in [-0.15, -0.1) is 0 Å². The lowest BCUT2D eigenvalue weighted by Crippen LogP contribution is -2.09.